The van der Waals surface area contributed by atoms with E-state index in [4.69, 9.17) is 0 Å². The van der Waals surface area contributed by atoms with Crippen LogP contribution in [0, 0.1) is 0 Å². The lowest BCUT2D eigenvalue weighted by Gasteiger charge is -2.39. The average molecular weight is 315 g/mol. The summed E-state index contributed by atoms with van der Waals surface area (Å²) in [7, 11) is 2.03. The number of likely N-dealkylation sites (tertiary alicyclic amines) is 1. The van der Waals surface area contributed by atoms with Crippen molar-refractivity contribution < 1.29 is 4.79 Å². The second kappa shape index (κ2) is 5.69. The van der Waals surface area contributed by atoms with E-state index in [1.807, 2.05) is 30.3 Å². The van der Waals surface area contributed by atoms with Crippen LogP contribution in [0.25, 0.3) is 0 Å². The summed E-state index contributed by atoms with van der Waals surface area (Å²) in [6, 6.07) is 0.366. The molecule has 2 amide bonds. The minimum Gasteiger partial charge on any atom is -0.338 e. The number of hydrogen-bond acceptors (Lipinski definition) is 4. The maximum atomic E-state index is 11.7. The summed E-state index contributed by atoms with van der Waals surface area (Å²) in [4.78, 5) is 20.2. The van der Waals surface area contributed by atoms with Gasteiger partial charge in [-0.15, -0.1) is 0 Å². The second-order valence-corrected chi connectivity index (χ2v) is 6.18. The number of amides is 2. The summed E-state index contributed by atoms with van der Waals surface area (Å²) in [5.74, 6) is 1.12. The largest absolute Gasteiger partial charge is 0.338 e. The summed E-state index contributed by atoms with van der Waals surface area (Å²) in [6.07, 6.45) is 8.55. The maximum Gasteiger partial charge on any atom is 0.322 e. The molecule has 0 atom stereocenters. The Morgan fingerprint density at radius 1 is 1.39 bits per heavy atom. The quantitative estimate of drug-likeness (QED) is 0.858. The molecule has 0 aromatic carbocycles. The highest BCUT2D eigenvalue weighted by Crippen LogP contribution is 2.24. The summed E-state index contributed by atoms with van der Waals surface area (Å²) in [5, 5.41) is 7.24. The molecular weight excluding hydrogens is 294 g/mol. The zero-order valence-corrected chi connectivity index (χ0v) is 13.2. The molecule has 2 aromatic rings. The number of anilines is 1. The third-order valence-electron chi connectivity index (χ3n) is 4.64. The normalized spacial score (nSPS) is 19.2. The Balaban J connectivity index is 1.29. The highest BCUT2D eigenvalue weighted by atomic mass is 16.2. The van der Waals surface area contributed by atoms with Crippen LogP contribution in [0.15, 0.2) is 24.8 Å². The Labute approximate surface area is 134 Å². The van der Waals surface area contributed by atoms with E-state index in [-0.39, 0.29) is 6.03 Å². The number of rotatable bonds is 5. The van der Waals surface area contributed by atoms with E-state index in [1.165, 1.54) is 0 Å². The van der Waals surface area contributed by atoms with E-state index in [0.29, 0.717) is 19.1 Å². The van der Waals surface area contributed by atoms with E-state index < -0.39 is 0 Å². The van der Waals surface area contributed by atoms with Gasteiger partial charge in [-0.05, 0) is 0 Å². The monoisotopic (exact) mass is 315 g/mol. The predicted octanol–water partition coefficient (Wildman–Crippen LogP) is 0.246. The Bertz CT molecular complexity index is 700. The molecule has 2 fully saturated rings. The summed E-state index contributed by atoms with van der Waals surface area (Å²) < 4.78 is 4.05. The van der Waals surface area contributed by atoms with E-state index in [0.717, 1.165) is 37.6 Å². The van der Waals surface area contributed by atoms with Gasteiger partial charge in [-0.3, -0.25) is 14.5 Å². The minimum atomic E-state index is -0.0325. The van der Waals surface area contributed by atoms with Crippen molar-refractivity contribution in [2.45, 2.75) is 12.5 Å². The van der Waals surface area contributed by atoms with Crippen LogP contribution in [-0.2, 0) is 13.5 Å². The molecule has 23 heavy (non-hydrogen) atoms. The molecular formula is C15H21N7O. The predicted molar refractivity (Wildman–Crippen MR) is 85.4 cm³/mol. The summed E-state index contributed by atoms with van der Waals surface area (Å²) in [5.41, 5.74) is 0.881. The molecule has 4 rings (SSSR count). The molecule has 0 aliphatic carbocycles. The first-order chi connectivity index (χ1) is 11.2. The molecule has 122 valence electrons. The average Bonchev–Trinajstić information content (AvgIpc) is 3.19. The van der Waals surface area contributed by atoms with Crippen LogP contribution in [0.4, 0.5) is 10.5 Å². The smallest absolute Gasteiger partial charge is 0.322 e. The fourth-order valence-corrected chi connectivity index (χ4v) is 3.17. The van der Waals surface area contributed by atoms with Gasteiger partial charge in [-0.2, -0.15) is 5.10 Å². The van der Waals surface area contributed by atoms with E-state index in [9.17, 15) is 4.79 Å². The molecule has 8 heteroatoms. The highest BCUT2D eigenvalue weighted by Gasteiger charge is 2.30. The Morgan fingerprint density at radius 3 is 2.96 bits per heavy atom. The first kappa shape index (κ1) is 14.3. The third kappa shape index (κ3) is 2.70. The molecule has 8 nitrogen and oxygen atoms in total. The number of urea groups is 1. The highest BCUT2D eigenvalue weighted by molar-refractivity contribution is 5.93. The Hall–Kier alpha value is -2.35. The molecule has 2 aromatic heterocycles. The standard InChI is InChI=1S/C15H21N7O/c1-19-6-3-16-14(19)2-5-20-9-13(10-20)22-11-12(8-18-22)21-7-4-17-15(21)23/h3,6,8,11,13H,2,4-5,7,9-10H2,1H3,(H,17,23). The molecule has 2 aliphatic heterocycles. The first-order valence-electron chi connectivity index (χ1n) is 7.99. The van der Waals surface area contributed by atoms with Crippen molar-refractivity contribution in [3.05, 3.63) is 30.6 Å². The number of carbonyl (C=O) groups excluding carboxylic acids is 1. The molecule has 4 heterocycles. The van der Waals surface area contributed by atoms with Gasteiger partial charge in [-0.1, -0.05) is 0 Å². The molecule has 0 bridgehead atoms. The Kier molecular flexibility index (Phi) is 3.53. The van der Waals surface area contributed by atoms with Gasteiger partial charge >= 0.3 is 6.03 Å². The molecule has 0 unspecified atom stereocenters. The molecule has 1 N–H and O–H groups in total. The lowest BCUT2D eigenvalue weighted by molar-refractivity contribution is 0.0993. The summed E-state index contributed by atoms with van der Waals surface area (Å²) in [6.45, 7) is 4.43. The Morgan fingerprint density at radius 2 is 2.26 bits per heavy atom. The van der Waals surface area contributed by atoms with Crippen LogP contribution in [0.3, 0.4) is 0 Å². The van der Waals surface area contributed by atoms with Crippen LogP contribution in [0.2, 0.25) is 0 Å². The van der Waals surface area contributed by atoms with Gasteiger partial charge in [0.25, 0.3) is 0 Å². The van der Waals surface area contributed by atoms with Gasteiger partial charge in [0.1, 0.15) is 5.82 Å². The number of hydrogen-bond donors (Lipinski definition) is 1. The number of aryl methyl sites for hydroxylation is 1. The lowest BCUT2D eigenvalue weighted by atomic mass is 10.1. The maximum absolute atomic E-state index is 11.7. The third-order valence-corrected chi connectivity index (χ3v) is 4.64. The molecule has 0 saturated carbocycles. The van der Waals surface area contributed by atoms with Crippen molar-refractivity contribution in [2.24, 2.45) is 7.05 Å². The molecule has 2 aliphatic rings. The van der Waals surface area contributed by atoms with Gasteiger partial charge in [0.05, 0.1) is 17.9 Å². The SMILES string of the molecule is Cn1ccnc1CCN1CC(n2cc(N3CCNC3=O)cn2)C1. The van der Waals surface area contributed by atoms with Crippen molar-refractivity contribution in [2.75, 3.05) is 37.6 Å². The fraction of sp³-hybridized carbons (Fsp3) is 0.533. The van der Waals surface area contributed by atoms with Gasteiger partial charge < -0.3 is 9.88 Å². The number of carbonyl (C=O) groups is 1. The van der Waals surface area contributed by atoms with E-state index >= 15 is 0 Å². The number of nitrogens with zero attached hydrogens (tertiary/aromatic N) is 6. The van der Waals surface area contributed by atoms with Gasteiger partial charge in [0.15, 0.2) is 0 Å². The van der Waals surface area contributed by atoms with Gasteiger partial charge in [0, 0.05) is 64.8 Å². The summed E-state index contributed by atoms with van der Waals surface area (Å²) >= 11 is 0. The van der Waals surface area contributed by atoms with Crippen LogP contribution in [0.1, 0.15) is 11.9 Å². The van der Waals surface area contributed by atoms with Crippen molar-refractivity contribution in [1.82, 2.24) is 29.5 Å². The number of imidazole rings is 1. The van der Waals surface area contributed by atoms with E-state index in [1.54, 1.807) is 11.1 Å². The number of nitrogens with one attached hydrogen (secondary N) is 1. The fourth-order valence-electron chi connectivity index (χ4n) is 3.17. The number of aromatic nitrogens is 4. The molecule has 0 radical (unpaired) electrons. The second-order valence-electron chi connectivity index (χ2n) is 6.18. The molecule has 2 saturated heterocycles. The van der Waals surface area contributed by atoms with Crippen LogP contribution in [0.5, 0.6) is 0 Å². The van der Waals surface area contributed by atoms with Gasteiger partial charge in [0.2, 0.25) is 0 Å². The van der Waals surface area contributed by atoms with Crippen molar-refractivity contribution in [1.29, 1.82) is 0 Å². The lowest BCUT2D eigenvalue weighted by Crippen LogP contribution is -2.48. The van der Waals surface area contributed by atoms with Crippen molar-refractivity contribution in [3.8, 4) is 0 Å². The zero-order valence-electron chi connectivity index (χ0n) is 13.2. The first-order valence-corrected chi connectivity index (χ1v) is 7.99. The topological polar surface area (TPSA) is 71.2 Å². The zero-order chi connectivity index (χ0) is 15.8. The van der Waals surface area contributed by atoms with E-state index in [2.05, 4.69) is 24.9 Å². The van der Waals surface area contributed by atoms with Gasteiger partial charge in [-0.25, -0.2) is 9.78 Å². The van der Waals surface area contributed by atoms with Crippen LogP contribution in [-0.4, -0.2) is 63.0 Å². The molecule has 0 spiro atoms. The van der Waals surface area contributed by atoms with Crippen molar-refractivity contribution >= 4 is 11.7 Å². The van der Waals surface area contributed by atoms with Crippen LogP contribution >= 0.6 is 0 Å². The van der Waals surface area contributed by atoms with Crippen molar-refractivity contribution in [3.63, 3.8) is 0 Å². The van der Waals surface area contributed by atoms with Crippen LogP contribution < -0.4 is 10.2 Å². The minimum absolute atomic E-state index is 0.0325.